The second-order valence-corrected chi connectivity index (χ2v) is 5.78. The molecule has 0 atom stereocenters. The summed E-state index contributed by atoms with van der Waals surface area (Å²) >= 11 is 0. The van der Waals surface area contributed by atoms with Gasteiger partial charge < -0.3 is 4.74 Å². The first kappa shape index (κ1) is 15.9. The van der Waals surface area contributed by atoms with E-state index in [0.717, 1.165) is 24.2 Å². The lowest BCUT2D eigenvalue weighted by Crippen LogP contribution is -2.23. The molecule has 0 aliphatic rings. The first-order chi connectivity index (χ1) is 8.76. The van der Waals surface area contributed by atoms with Crippen LogP contribution in [0, 0.1) is 13.8 Å². The van der Waals surface area contributed by atoms with Crippen LogP contribution in [-0.2, 0) is 23.0 Å². The fraction of sp³-hybridized carbons (Fsp3) is 0.733. The summed E-state index contributed by atoms with van der Waals surface area (Å²) in [5.74, 6) is 0.299. The highest BCUT2D eigenvalue weighted by Gasteiger charge is 2.18. The molecule has 4 heteroatoms. The van der Waals surface area contributed by atoms with Gasteiger partial charge in [0.25, 0.3) is 0 Å². The Balaban J connectivity index is 2.47. The summed E-state index contributed by atoms with van der Waals surface area (Å²) in [6.45, 7) is 8.07. The van der Waals surface area contributed by atoms with Gasteiger partial charge in [0.2, 0.25) is 0 Å². The maximum atomic E-state index is 11.9. The van der Waals surface area contributed by atoms with Crippen LogP contribution < -0.4 is 0 Å². The number of carbonyl (C=O) groups excluding carboxylic acids is 1. The average molecular weight is 266 g/mol. The highest BCUT2D eigenvalue weighted by atomic mass is 16.5. The van der Waals surface area contributed by atoms with Crippen molar-refractivity contribution in [1.82, 2.24) is 9.78 Å². The maximum absolute atomic E-state index is 11.9. The lowest BCUT2D eigenvalue weighted by atomic mass is 9.97. The van der Waals surface area contributed by atoms with Gasteiger partial charge in [0.05, 0.1) is 11.3 Å². The van der Waals surface area contributed by atoms with Crippen molar-refractivity contribution < 1.29 is 9.53 Å². The van der Waals surface area contributed by atoms with Crippen molar-refractivity contribution >= 4 is 5.78 Å². The summed E-state index contributed by atoms with van der Waals surface area (Å²) in [7, 11) is 3.63. The van der Waals surface area contributed by atoms with E-state index in [1.165, 1.54) is 5.56 Å². The molecule has 19 heavy (non-hydrogen) atoms. The van der Waals surface area contributed by atoms with Crippen molar-refractivity contribution in [2.75, 3.05) is 7.11 Å². The lowest BCUT2D eigenvalue weighted by Gasteiger charge is -2.22. The molecule has 0 fully saturated rings. The molecular formula is C15H26N2O2. The van der Waals surface area contributed by atoms with Gasteiger partial charge in [0.15, 0.2) is 0 Å². The van der Waals surface area contributed by atoms with Crippen molar-refractivity contribution in [1.29, 1.82) is 0 Å². The van der Waals surface area contributed by atoms with Gasteiger partial charge in [0, 0.05) is 32.7 Å². The zero-order chi connectivity index (χ0) is 14.6. The number of hydrogen-bond donors (Lipinski definition) is 0. The maximum Gasteiger partial charge on any atom is 0.133 e. The van der Waals surface area contributed by atoms with Crippen LogP contribution in [-0.4, -0.2) is 28.3 Å². The van der Waals surface area contributed by atoms with Crippen LogP contribution >= 0.6 is 0 Å². The van der Waals surface area contributed by atoms with Gasteiger partial charge in [-0.1, -0.05) is 0 Å². The summed E-state index contributed by atoms with van der Waals surface area (Å²) in [6, 6.07) is 0. The van der Waals surface area contributed by atoms with Crippen LogP contribution in [0.1, 0.15) is 50.1 Å². The molecule has 1 aromatic heterocycles. The van der Waals surface area contributed by atoms with Gasteiger partial charge >= 0.3 is 0 Å². The Bertz CT molecular complexity index is 447. The van der Waals surface area contributed by atoms with Crippen LogP contribution in [0.3, 0.4) is 0 Å². The molecule has 0 saturated carbocycles. The lowest BCUT2D eigenvalue weighted by molar-refractivity contribution is -0.120. The number of rotatable bonds is 7. The van der Waals surface area contributed by atoms with E-state index >= 15 is 0 Å². The third-order valence-corrected chi connectivity index (χ3v) is 3.87. The van der Waals surface area contributed by atoms with Crippen molar-refractivity contribution in [2.45, 2.75) is 59.0 Å². The predicted octanol–water partition coefficient (Wildman–Crippen LogP) is 2.74. The second kappa shape index (κ2) is 6.33. The van der Waals surface area contributed by atoms with Gasteiger partial charge in [-0.15, -0.1) is 0 Å². The van der Waals surface area contributed by atoms with E-state index in [4.69, 9.17) is 4.74 Å². The minimum atomic E-state index is -0.213. The second-order valence-electron chi connectivity index (χ2n) is 5.78. The minimum absolute atomic E-state index is 0.213. The number of methoxy groups -OCH3 is 1. The average Bonchev–Trinajstić information content (AvgIpc) is 2.59. The number of aromatic nitrogens is 2. The number of ketones is 1. The molecule has 0 unspecified atom stereocenters. The zero-order valence-electron chi connectivity index (χ0n) is 13.0. The minimum Gasteiger partial charge on any atom is -0.379 e. The SMILES string of the molecule is COC(C)(C)CCC(=O)CCc1c(C)nn(C)c1C. The van der Waals surface area contributed by atoms with Gasteiger partial charge in [-0.2, -0.15) is 5.10 Å². The van der Waals surface area contributed by atoms with Crippen LogP contribution in [0.2, 0.25) is 0 Å². The number of ether oxygens (including phenoxy) is 1. The molecule has 1 aromatic rings. The summed E-state index contributed by atoms with van der Waals surface area (Å²) in [6.07, 6.45) is 2.73. The van der Waals surface area contributed by atoms with Crippen molar-refractivity contribution in [3.8, 4) is 0 Å². The Labute approximate surface area is 116 Å². The highest BCUT2D eigenvalue weighted by molar-refractivity contribution is 5.78. The first-order valence-electron chi connectivity index (χ1n) is 6.83. The van der Waals surface area contributed by atoms with Crippen molar-refractivity contribution in [3.63, 3.8) is 0 Å². The van der Waals surface area contributed by atoms with E-state index in [1.54, 1.807) is 7.11 Å². The Kier molecular flexibility index (Phi) is 5.29. The fourth-order valence-corrected chi connectivity index (χ4v) is 2.11. The molecule has 0 radical (unpaired) electrons. The van der Waals surface area contributed by atoms with Gasteiger partial charge in [-0.05, 0) is 46.1 Å². The Morgan fingerprint density at radius 1 is 1.32 bits per heavy atom. The van der Waals surface area contributed by atoms with E-state index in [0.29, 0.717) is 18.6 Å². The van der Waals surface area contributed by atoms with Crippen LogP contribution in [0.5, 0.6) is 0 Å². The van der Waals surface area contributed by atoms with Crippen LogP contribution in [0.4, 0.5) is 0 Å². The van der Waals surface area contributed by atoms with E-state index in [9.17, 15) is 4.79 Å². The van der Waals surface area contributed by atoms with Gasteiger partial charge in [0.1, 0.15) is 5.78 Å². The van der Waals surface area contributed by atoms with Gasteiger partial charge in [-0.25, -0.2) is 0 Å². The Hall–Kier alpha value is -1.16. The van der Waals surface area contributed by atoms with Crippen molar-refractivity contribution in [2.24, 2.45) is 7.05 Å². The third kappa shape index (κ3) is 4.46. The summed E-state index contributed by atoms with van der Waals surface area (Å²) in [5.41, 5.74) is 3.19. The predicted molar refractivity (Wildman–Crippen MR) is 76.3 cm³/mol. The van der Waals surface area contributed by atoms with Gasteiger partial charge in [-0.3, -0.25) is 9.48 Å². The molecule has 108 valence electrons. The Morgan fingerprint density at radius 3 is 2.42 bits per heavy atom. The molecule has 0 N–H and O–H groups in total. The standard InChI is InChI=1S/C15H26N2O2/c1-11-14(12(2)17(5)16-11)8-7-13(18)9-10-15(3,4)19-6/h7-10H2,1-6H3. The summed E-state index contributed by atoms with van der Waals surface area (Å²) < 4.78 is 7.21. The molecule has 0 spiro atoms. The topological polar surface area (TPSA) is 44.1 Å². The number of hydrogen-bond acceptors (Lipinski definition) is 3. The number of Topliss-reactive ketones (excluding diaryl/α,β-unsaturated/α-hetero) is 1. The summed E-state index contributed by atoms with van der Waals surface area (Å²) in [4.78, 5) is 11.9. The normalized spacial score (nSPS) is 11.9. The van der Waals surface area contributed by atoms with E-state index in [-0.39, 0.29) is 5.60 Å². The summed E-state index contributed by atoms with van der Waals surface area (Å²) in [5, 5.41) is 4.37. The van der Waals surface area contributed by atoms with Crippen LogP contribution in [0.15, 0.2) is 0 Å². The first-order valence-corrected chi connectivity index (χ1v) is 6.83. The monoisotopic (exact) mass is 266 g/mol. The highest BCUT2D eigenvalue weighted by Crippen LogP contribution is 2.18. The van der Waals surface area contributed by atoms with E-state index in [2.05, 4.69) is 5.10 Å². The van der Waals surface area contributed by atoms with Crippen LogP contribution in [0.25, 0.3) is 0 Å². The molecule has 0 amide bonds. The number of nitrogens with zero attached hydrogens (tertiary/aromatic N) is 2. The molecule has 1 rings (SSSR count). The zero-order valence-corrected chi connectivity index (χ0v) is 13.0. The van der Waals surface area contributed by atoms with E-state index < -0.39 is 0 Å². The van der Waals surface area contributed by atoms with E-state index in [1.807, 2.05) is 39.4 Å². The molecule has 0 aliphatic carbocycles. The Morgan fingerprint density at radius 2 is 1.95 bits per heavy atom. The molecule has 0 aromatic carbocycles. The number of carbonyl (C=O) groups is 1. The fourth-order valence-electron chi connectivity index (χ4n) is 2.11. The molecule has 0 saturated heterocycles. The van der Waals surface area contributed by atoms with Crippen molar-refractivity contribution in [3.05, 3.63) is 17.0 Å². The third-order valence-electron chi connectivity index (χ3n) is 3.87. The smallest absolute Gasteiger partial charge is 0.133 e. The molecular weight excluding hydrogens is 240 g/mol. The quantitative estimate of drug-likeness (QED) is 0.762. The largest absolute Gasteiger partial charge is 0.379 e. The molecule has 0 bridgehead atoms. The molecule has 0 aliphatic heterocycles. The molecule has 4 nitrogen and oxygen atoms in total. The molecule has 1 heterocycles. The number of aryl methyl sites for hydroxylation is 2.